The number of rotatable bonds is 4. The summed E-state index contributed by atoms with van der Waals surface area (Å²) in [5.41, 5.74) is 8.13. The van der Waals surface area contributed by atoms with Crippen LogP contribution < -0.4 is 10.0 Å². The van der Waals surface area contributed by atoms with Crippen LogP contribution in [0.5, 0.6) is 0 Å². The summed E-state index contributed by atoms with van der Waals surface area (Å²) in [6.07, 6.45) is -1.31. The first kappa shape index (κ1) is 19.7. The third-order valence-corrected chi connectivity index (χ3v) is 8.33. The van der Waals surface area contributed by atoms with E-state index in [0.717, 1.165) is 15.4 Å². The lowest BCUT2D eigenvalue weighted by atomic mass is 10.1. The molecule has 2 aromatic carbocycles. The average molecular weight is 411 g/mol. The number of aliphatic hydroxyl groups is 1. The summed E-state index contributed by atoms with van der Waals surface area (Å²) >= 11 is 0. The fourth-order valence-corrected chi connectivity index (χ4v) is 6.78. The Morgan fingerprint density at radius 1 is 1.04 bits per heavy atom. The summed E-state index contributed by atoms with van der Waals surface area (Å²) < 4.78 is 51.8. The summed E-state index contributed by atoms with van der Waals surface area (Å²) in [6.45, 7) is 3.67. The van der Waals surface area contributed by atoms with Crippen molar-refractivity contribution in [1.29, 1.82) is 0 Å². The molecule has 146 valence electrons. The Hall–Kier alpha value is -2.10. The Kier molecular flexibility index (Phi) is 4.96. The van der Waals surface area contributed by atoms with Crippen LogP contribution in [0.15, 0.2) is 47.4 Å². The molecule has 0 saturated carbocycles. The summed E-state index contributed by atoms with van der Waals surface area (Å²) in [5.74, 6) is -0.909. The van der Waals surface area contributed by atoms with Gasteiger partial charge in [0.25, 0.3) is 10.0 Å². The first-order chi connectivity index (χ1) is 12.5. The van der Waals surface area contributed by atoms with Crippen LogP contribution in [0, 0.1) is 13.8 Å². The van der Waals surface area contributed by atoms with Gasteiger partial charge in [0.1, 0.15) is 0 Å². The molecular formula is C18H22N2O5S2. The Balaban J connectivity index is 2.17. The van der Waals surface area contributed by atoms with E-state index >= 15 is 0 Å². The Morgan fingerprint density at radius 2 is 1.67 bits per heavy atom. The highest BCUT2D eigenvalue weighted by Crippen LogP contribution is 2.32. The van der Waals surface area contributed by atoms with Gasteiger partial charge in [-0.15, -0.1) is 0 Å². The summed E-state index contributed by atoms with van der Waals surface area (Å²) in [4.78, 5) is 0.0407. The van der Waals surface area contributed by atoms with Crippen molar-refractivity contribution in [3.8, 4) is 0 Å². The molecule has 2 atom stereocenters. The number of aryl methyl sites for hydroxylation is 2. The van der Waals surface area contributed by atoms with Crippen molar-refractivity contribution in [3.05, 3.63) is 53.6 Å². The largest absolute Gasteiger partial charge is 0.399 e. The molecule has 0 bridgehead atoms. The maximum absolute atomic E-state index is 13.4. The van der Waals surface area contributed by atoms with Crippen molar-refractivity contribution in [3.63, 3.8) is 0 Å². The van der Waals surface area contributed by atoms with Crippen LogP contribution in [-0.4, -0.2) is 45.6 Å². The highest BCUT2D eigenvalue weighted by atomic mass is 32.2. The minimum Gasteiger partial charge on any atom is -0.399 e. The zero-order valence-corrected chi connectivity index (χ0v) is 16.7. The van der Waals surface area contributed by atoms with Crippen molar-refractivity contribution in [2.24, 2.45) is 0 Å². The highest BCUT2D eigenvalue weighted by Gasteiger charge is 2.45. The number of nitrogens with zero attached hydrogens (tertiary/aromatic N) is 1. The van der Waals surface area contributed by atoms with Gasteiger partial charge in [0.2, 0.25) is 0 Å². The maximum atomic E-state index is 13.4. The number of benzene rings is 2. The standard InChI is InChI=1S/C18H22N2O5S2/c1-12-3-8-16(9-13(12)2)27(24,25)20(15-6-4-14(19)5-7-15)17-10-26(22,23)11-18(17)21/h3-9,17-18,21H,10-11,19H2,1-2H3/t17-,18+/m0/s1. The fourth-order valence-electron chi connectivity index (χ4n) is 3.15. The van der Waals surface area contributed by atoms with E-state index in [1.54, 1.807) is 19.1 Å². The van der Waals surface area contributed by atoms with Crippen LogP contribution in [0.2, 0.25) is 0 Å². The second-order valence-corrected chi connectivity index (χ2v) is 10.8. The molecule has 0 aromatic heterocycles. The number of nitrogen functional groups attached to an aromatic ring is 1. The Bertz CT molecular complexity index is 1060. The minimum absolute atomic E-state index is 0.0407. The van der Waals surface area contributed by atoms with E-state index < -0.39 is 43.5 Å². The zero-order chi connectivity index (χ0) is 20.0. The lowest BCUT2D eigenvalue weighted by molar-refractivity contribution is 0.184. The second kappa shape index (κ2) is 6.81. The number of nitrogens with two attached hydrogens (primary N) is 1. The number of hydrogen-bond donors (Lipinski definition) is 2. The van der Waals surface area contributed by atoms with Gasteiger partial charge in [0, 0.05) is 5.69 Å². The quantitative estimate of drug-likeness (QED) is 0.732. The van der Waals surface area contributed by atoms with E-state index in [1.807, 2.05) is 6.92 Å². The van der Waals surface area contributed by atoms with E-state index in [1.165, 1.54) is 30.3 Å². The van der Waals surface area contributed by atoms with Gasteiger partial charge in [0.15, 0.2) is 9.84 Å². The molecule has 0 spiro atoms. The molecule has 2 aromatic rings. The minimum atomic E-state index is -4.10. The van der Waals surface area contributed by atoms with Crippen LogP contribution in [0.1, 0.15) is 11.1 Å². The van der Waals surface area contributed by atoms with Gasteiger partial charge in [-0.2, -0.15) is 0 Å². The third-order valence-electron chi connectivity index (χ3n) is 4.78. The second-order valence-electron chi connectivity index (χ2n) is 6.85. The van der Waals surface area contributed by atoms with Crippen LogP contribution in [0.3, 0.4) is 0 Å². The molecule has 1 saturated heterocycles. The molecule has 0 radical (unpaired) electrons. The van der Waals surface area contributed by atoms with E-state index in [-0.39, 0.29) is 10.6 Å². The molecule has 3 rings (SSSR count). The molecule has 1 aliphatic rings. The van der Waals surface area contributed by atoms with E-state index in [9.17, 15) is 21.9 Å². The highest BCUT2D eigenvalue weighted by molar-refractivity contribution is 7.93. The van der Waals surface area contributed by atoms with E-state index in [2.05, 4.69) is 0 Å². The molecule has 0 aliphatic carbocycles. The van der Waals surface area contributed by atoms with E-state index in [4.69, 9.17) is 5.73 Å². The average Bonchev–Trinajstić information content (AvgIpc) is 2.84. The SMILES string of the molecule is Cc1ccc(S(=O)(=O)N(c2ccc(N)cc2)[C@H]2CS(=O)(=O)C[C@H]2O)cc1C. The summed E-state index contributed by atoms with van der Waals surface area (Å²) in [7, 11) is -7.65. The van der Waals surface area contributed by atoms with Crippen molar-refractivity contribution in [2.75, 3.05) is 21.5 Å². The topological polar surface area (TPSA) is 118 Å². The van der Waals surface area contributed by atoms with Crippen molar-refractivity contribution >= 4 is 31.2 Å². The maximum Gasteiger partial charge on any atom is 0.264 e. The number of sulfone groups is 1. The van der Waals surface area contributed by atoms with Crippen LogP contribution in [-0.2, 0) is 19.9 Å². The predicted molar refractivity (Wildman–Crippen MR) is 105 cm³/mol. The van der Waals surface area contributed by atoms with Crippen molar-refractivity contribution in [2.45, 2.75) is 30.9 Å². The first-order valence-corrected chi connectivity index (χ1v) is 11.6. The van der Waals surface area contributed by atoms with Gasteiger partial charge in [-0.05, 0) is 61.4 Å². The summed E-state index contributed by atoms with van der Waals surface area (Å²) in [5, 5.41) is 10.3. The lowest BCUT2D eigenvalue weighted by Crippen LogP contribution is -2.47. The van der Waals surface area contributed by atoms with Gasteiger partial charge in [-0.1, -0.05) is 6.07 Å². The fraction of sp³-hybridized carbons (Fsp3) is 0.333. The molecule has 27 heavy (non-hydrogen) atoms. The molecular weight excluding hydrogens is 388 g/mol. The van der Waals surface area contributed by atoms with Crippen LogP contribution >= 0.6 is 0 Å². The van der Waals surface area contributed by atoms with Gasteiger partial charge in [-0.25, -0.2) is 16.8 Å². The summed E-state index contributed by atoms with van der Waals surface area (Å²) in [6, 6.07) is 9.71. The van der Waals surface area contributed by atoms with Gasteiger partial charge < -0.3 is 10.8 Å². The van der Waals surface area contributed by atoms with Crippen molar-refractivity contribution < 1.29 is 21.9 Å². The molecule has 0 amide bonds. The molecule has 9 heteroatoms. The number of aliphatic hydroxyl groups excluding tert-OH is 1. The molecule has 1 heterocycles. The normalized spacial score (nSPS) is 21.9. The smallest absolute Gasteiger partial charge is 0.264 e. The zero-order valence-electron chi connectivity index (χ0n) is 15.0. The lowest BCUT2D eigenvalue weighted by Gasteiger charge is -2.31. The molecule has 3 N–H and O–H groups in total. The predicted octanol–water partition coefficient (Wildman–Crippen LogP) is 1.24. The number of sulfonamides is 1. The molecule has 1 aliphatic heterocycles. The van der Waals surface area contributed by atoms with E-state index in [0.29, 0.717) is 5.69 Å². The Labute approximate surface area is 159 Å². The van der Waals surface area contributed by atoms with Gasteiger partial charge >= 0.3 is 0 Å². The monoisotopic (exact) mass is 410 g/mol. The number of anilines is 2. The third kappa shape index (κ3) is 3.80. The Morgan fingerprint density at radius 3 is 2.19 bits per heavy atom. The van der Waals surface area contributed by atoms with Gasteiger partial charge in [-0.3, -0.25) is 4.31 Å². The first-order valence-electron chi connectivity index (χ1n) is 8.37. The van der Waals surface area contributed by atoms with Crippen LogP contribution in [0.4, 0.5) is 11.4 Å². The van der Waals surface area contributed by atoms with Crippen molar-refractivity contribution in [1.82, 2.24) is 0 Å². The van der Waals surface area contributed by atoms with Gasteiger partial charge in [0.05, 0.1) is 34.2 Å². The number of hydrogen-bond acceptors (Lipinski definition) is 6. The molecule has 0 unspecified atom stereocenters. The molecule has 1 fully saturated rings. The molecule has 7 nitrogen and oxygen atoms in total. The van der Waals surface area contributed by atoms with Crippen LogP contribution in [0.25, 0.3) is 0 Å².